The minimum absolute atomic E-state index is 0.127. The van der Waals surface area contributed by atoms with E-state index in [4.69, 9.17) is 4.74 Å². The maximum atomic E-state index is 12.9. The number of amides is 1. The van der Waals surface area contributed by atoms with Crippen molar-refractivity contribution in [1.82, 2.24) is 4.90 Å². The lowest BCUT2D eigenvalue weighted by molar-refractivity contribution is -0.122. The van der Waals surface area contributed by atoms with Crippen LogP contribution in [0.5, 0.6) is 5.75 Å². The van der Waals surface area contributed by atoms with Crippen molar-refractivity contribution in [2.75, 3.05) is 43.4 Å². The zero-order chi connectivity index (χ0) is 20.9. The number of hydrogen-bond acceptors (Lipinski definition) is 4. The van der Waals surface area contributed by atoms with Crippen LogP contribution < -0.4 is 15.0 Å². The summed E-state index contributed by atoms with van der Waals surface area (Å²) < 4.78 is 6.11. The SMILES string of the molecule is CC[C@H](Oc1cccc2ccccc12)C(=O)Nc1ccc(N2CCN(C)CC2)cc1. The third-order valence-corrected chi connectivity index (χ3v) is 5.69. The fraction of sp³-hybridized carbons (Fsp3) is 0.320. The van der Waals surface area contributed by atoms with Crippen LogP contribution in [0.2, 0.25) is 0 Å². The van der Waals surface area contributed by atoms with Crippen molar-refractivity contribution in [3.05, 3.63) is 66.7 Å². The number of nitrogens with one attached hydrogen (secondary N) is 1. The molecule has 1 atom stereocenters. The van der Waals surface area contributed by atoms with Crippen LogP contribution in [0.25, 0.3) is 10.8 Å². The van der Waals surface area contributed by atoms with Crippen molar-refractivity contribution in [3.8, 4) is 5.75 Å². The quantitative estimate of drug-likeness (QED) is 0.663. The highest BCUT2D eigenvalue weighted by Gasteiger charge is 2.20. The normalized spacial score (nSPS) is 15.7. The van der Waals surface area contributed by atoms with Gasteiger partial charge in [-0.3, -0.25) is 4.79 Å². The molecule has 30 heavy (non-hydrogen) atoms. The number of anilines is 2. The molecule has 3 aromatic carbocycles. The van der Waals surface area contributed by atoms with E-state index in [-0.39, 0.29) is 5.91 Å². The highest BCUT2D eigenvalue weighted by molar-refractivity contribution is 5.95. The maximum Gasteiger partial charge on any atom is 0.265 e. The molecule has 1 N–H and O–H groups in total. The Morgan fingerprint density at radius 2 is 1.67 bits per heavy atom. The molecule has 0 spiro atoms. The third-order valence-electron chi connectivity index (χ3n) is 5.69. The topological polar surface area (TPSA) is 44.8 Å². The first-order valence-corrected chi connectivity index (χ1v) is 10.6. The molecule has 1 amide bonds. The van der Waals surface area contributed by atoms with Gasteiger partial charge in [-0.1, -0.05) is 43.3 Å². The van der Waals surface area contributed by atoms with Crippen molar-refractivity contribution in [2.45, 2.75) is 19.4 Å². The van der Waals surface area contributed by atoms with Gasteiger partial charge in [0, 0.05) is 42.9 Å². The summed E-state index contributed by atoms with van der Waals surface area (Å²) in [7, 11) is 2.15. The molecule has 5 heteroatoms. The van der Waals surface area contributed by atoms with E-state index in [0.717, 1.165) is 48.4 Å². The van der Waals surface area contributed by atoms with Gasteiger partial charge in [0.25, 0.3) is 5.91 Å². The van der Waals surface area contributed by atoms with Crippen LogP contribution in [0.15, 0.2) is 66.7 Å². The Labute approximate surface area is 178 Å². The van der Waals surface area contributed by atoms with Gasteiger partial charge in [0.05, 0.1) is 0 Å². The molecule has 0 radical (unpaired) electrons. The Morgan fingerprint density at radius 1 is 0.967 bits per heavy atom. The maximum absolute atomic E-state index is 12.9. The summed E-state index contributed by atoms with van der Waals surface area (Å²) in [5.74, 6) is 0.610. The monoisotopic (exact) mass is 403 g/mol. The highest BCUT2D eigenvalue weighted by atomic mass is 16.5. The summed E-state index contributed by atoms with van der Waals surface area (Å²) in [6.45, 7) is 6.16. The molecule has 0 aliphatic carbocycles. The van der Waals surface area contributed by atoms with Gasteiger partial charge in [-0.2, -0.15) is 0 Å². The summed E-state index contributed by atoms with van der Waals surface area (Å²) in [5.41, 5.74) is 1.98. The van der Waals surface area contributed by atoms with Crippen molar-refractivity contribution in [1.29, 1.82) is 0 Å². The Bertz CT molecular complexity index is 989. The highest BCUT2D eigenvalue weighted by Crippen LogP contribution is 2.27. The summed E-state index contributed by atoms with van der Waals surface area (Å²) in [5, 5.41) is 5.13. The molecular formula is C25H29N3O2. The van der Waals surface area contributed by atoms with E-state index in [1.54, 1.807) is 0 Å². The van der Waals surface area contributed by atoms with Gasteiger partial charge in [0.2, 0.25) is 0 Å². The summed E-state index contributed by atoms with van der Waals surface area (Å²) >= 11 is 0. The number of rotatable bonds is 6. The summed E-state index contributed by atoms with van der Waals surface area (Å²) in [6, 6.07) is 22.1. The summed E-state index contributed by atoms with van der Waals surface area (Å²) in [6.07, 6.45) is 0.0437. The predicted molar refractivity (Wildman–Crippen MR) is 123 cm³/mol. The van der Waals surface area contributed by atoms with Crippen LogP contribution in [0.1, 0.15) is 13.3 Å². The zero-order valence-corrected chi connectivity index (χ0v) is 17.7. The van der Waals surface area contributed by atoms with Crippen LogP contribution in [-0.2, 0) is 4.79 Å². The van der Waals surface area contributed by atoms with E-state index in [0.29, 0.717) is 6.42 Å². The Morgan fingerprint density at radius 3 is 2.40 bits per heavy atom. The van der Waals surface area contributed by atoms with Gasteiger partial charge in [-0.15, -0.1) is 0 Å². The Hall–Kier alpha value is -3.05. The van der Waals surface area contributed by atoms with E-state index in [1.807, 2.05) is 61.5 Å². The lowest BCUT2D eigenvalue weighted by Crippen LogP contribution is -2.44. The molecule has 0 unspecified atom stereocenters. The first-order chi connectivity index (χ1) is 14.6. The minimum Gasteiger partial charge on any atom is -0.480 e. The largest absolute Gasteiger partial charge is 0.480 e. The van der Waals surface area contributed by atoms with E-state index >= 15 is 0 Å². The van der Waals surface area contributed by atoms with Crippen molar-refractivity contribution < 1.29 is 9.53 Å². The van der Waals surface area contributed by atoms with Crippen molar-refractivity contribution in [2.24, 2.45) is 0 Å². The standard InChI is InChI=1S/C25H29N3O2/c1-3-23(30-24-10-6-8-19-7-4-5-9-22(19)24)25(29)26-20-11-13-21(14-12-20)28-17-15-27(2)16-18-28/h4-14,23H,3,15-18H2,1-2H3,(H,26,29)/t23-/m0/s1. The first-order valence-electron chi connectivity index (χ1n) is 10.6. The average Bonchev–Trinajstić information content (AvgIpc) is 2.78. The molecule has 1 aliphatic heterocycles. The van der Waals surface area contributed by atoms with E-state index in [2.05, 4.69) is 34.3 Å². The van der Waals surface area contributed by atoms with E-state index in [1.165, 1.54) is 5.69 Å². The fourth-order valence-electron chi connectivity index (χ4n) is 3.82. The number of fused-ring (bicyclic) bond motifs is 1. The number of likely N-dealkylation sites (N-methyl/N-ethyl adjacent to an activating group) is 1. The Balaban J connectivity index is 1.41. The van der Waals surface area contributed by atoms with Crippen molar-refractivity contribution in [3.63, 3.8) is 0 Å². The molecule has 1 aliphatic rings. The molecule has 0 saturated carbocycles. The number of carbonyl (C=O) groups excluding carboxylic acids is 1. The van der Waals surface area contributed by atoms with Gasteiger partial charge < -0.3 is 19.9 Å². The van der Waals surface area contributed by atoms with Gasteiger partial charge in [0.15, 0.2) is 6.10 Å². The second kappa shape index (κ2) is 9.18. The molecular weight excluding hydrogens is 374 g/mol. The number of hydrogen-bond donors (Lipinski definition) is 1. The first kappa shape index (κ1) is 20.2. The number of carbonyl (C=O) groups is 1. The van der Waals surface area contributed by atoms with E-state index in [9.17, 15) is 4.79 Å². The molecule has 0 bridgehead atoms. The molecule has 156 valence electrons. The molecule has 5 nitrogen and oxygen atoms in total. The third kappa shape index (κ3) is 4.57. The molecule has 0 aromatic heterocycles. The second-order valence-electron chi connectivity index (χ2n) is 7.82. The van der Waals surface area contributed by atoms with Crippen LogP contribution in [0, 0.1) is 0 Å². The summed E-state index contributed by atoms with van der Waals surface area (Å²) in [4.78, 5) is 17.6. The molecule has 1 saturated heterocycles. The lowest BCUT2D eigenvalue weighted by atomic mass is 10.1. The number of benzene rings is 3. The number of nitrogens with zero attached hydrogens (tertiary/aromatic N) is 2. The smallest absolute Gasteiger partial charge is 0.265 e. The van der Waals surface area contributed by atoms with Crippen LogP contribution in [-0.4, -0.2) is 50.1 Å². The molecule has 1 fully saturated rings. The van der Waals surface area contributed by atoms with Gasteiger partial charge in [-0.05, 0) is 49.2 Å². The zero-order valence-electron chi connectivity index (χ0n) is 17.7. The van der Waals surface area contributed by atoms with Gasteiger partial charge in [0.1, 0.15) is 5.75 Å². The predicted octanol–water partition coefficient (Wildman–Crippen LogP) is 4.39. The van der Waals surface area contributed by atoms with E-state index < -0.39 is 6.10 Å². The Kier molecular flexibility index (Phi) is 6.19. The van der Waals surface area contributed by atoms with Crippen molar-refractivity contribution >= 4 is 28.1 Å². The molecule has 3 aromatic rings. The number of piperazine rings is 1. The van der Waals surface area contributed by atoms with Gasteiger partial charge >= 0.3 is 0 Å². The van der Waals surface area contributed by atoms with Crippen LogP contribution >= 0.6 is 0 Å². The average molecular weight is 404 g/mol. The fourth-order valence-corrected chi connectivity index (χ4v) is 3.82. The second-order valence-corrected chi connectivity index (χ2v) is 7.82. The van der Waals surface area contributed by atoms with Gasteiger partial charge in [-0.25, -0.2) is 0 Å². The lowest BCUT2D eigenvalue weighted by Gasteiger charge is -2.34. The molecule has 1 heterocycles. The van der Waals surface area contributed by atoms with Crippen LogP contribution in [0.3, 0.4) is 0 Å². The number of ether oxygens (including phenoxy) is 1. The minimum atomic E-state index is -0.548. The molecule has 4 rings (SSSR count). The van der Waals surface area contributed by atoms with Crippen LogP contribution in [0.4, 0.5) is 11.4 Å².